The van der Waals surface area contributed by atoms with Crippen LogP contribution in [0.2, 0.25) is 0 Å². The van der Waals surface area contributed by atoms with Gasteiger partial charge in [0, 0.05) is 23.1 Å². The summed E-state index contributed by atoms with van der Waals surface area (Å²) < 4.78 is 0. The van der Waals surface area contributed by atoms with E-state index in [1.807, 2.05) is 6.20 Å². The van der Waals surface area contributed by atoms with Gasteiger partial charge in [-0.1, -0.05) is 63.3 Å². The van der Waals surface area contributed by atoms with E-state index in [0.717, 1.165) is 36.7 Å². The molecular weight excluding hydrogens is 332 g/mol. The number of hydrogen-bond acceptors (Lipinski definition) is 4. The van der Waals surface area contributed by atoms with Gasteiger partial charge >= 0.3 is 0 Å². The fourth-order valence-corrected chi connectivity index (χ4v) is 4.53. The number of para-hydroxylation sites is 1. The summed E-state index contributed by atoms with van der Waals surface area (Å²) in [4.78, 5) is 14.9. The summed E-state index contributed by atoms with van der Waals surface area (Å²) in [7, 11) is 0. The Morgan fingerprint density at radius 2 is 1.89 bits per heavy atom. The van der Waals surface area contributed by atoms with Crippen LogP contribution in [0.4, 0.5) is 17.3 Å². The molecule has 4 nitrogen and oxygen atoms in total. The topological polar surface area (TPSA) is 32.3 Å². The van der Waals surface area contributed by atoms with Crippen molar-refractivity contribution in [2.45, 2.75) is 45.2 Å². The number of nitrogens with zero attached hydrogens (tertiary/aromatic N) is 4. The van der Waals surface area contributed by atoms with Crippen LogP contribution < -0.4 is 9.80 Å². The SMILES string of the molecule is CC(C)(C)c1cnc2c(n1)N(c1ccccc1)C1CC3(C=CC=CC3)CN21. The van der Waals surface area contributed by atoms with Gasteiger partial charge in [0.2, 0.25) is 0 Å². The number of allylic oxidation sites excluding steroid dienone is 3. The molecule has 1 aromatic carbocycles. The predicted molar refractivity (Wildman–Crippen MR) is 110 cm³/mol. The van der Waals surface area contributed by atoms with Gasteiger partial charge in [0.05, 0.1) is 11.9 Å². The van der Waals surface area contributed by atoms with Crippen molar-refractivity contribution < 1.29 is 0 Å². The van der Waals surface area contributed by atoms with E-state index in [1.54, 1.807) is 0 Å². The lowest BCUT2D eigenvalue weighted by Crippen LogP contribution is -2.35. The van der Waals surface area contributed by atoms with Crippen molar-refractivity contribution in [2.75, 3.05) is 16.3 Å². The van der Waals surface area contributed by atoms with Gasteiger partial charge in [-0.25, -0.2) is 9.97 Å². The molecule has 1 spiro atoms. The fourth-order valence-electron chi connectivity index (χ4n) is 4.53. The lowest BCUT2D eigenvalue weighted by Gasteiger charge is -2.29. The maximum absolute atomic E-state index is 5.09. The first-order chi connectivity index (χ1) is 13.0. The highest BCUT2D eigenvalue weighted by molar-refractivity contribution is 5.79. The van der Waals surface area contributed by atoms with Crippen molar-refractivity contribution in [1.29, 1.82) is 0 Å². The Kier molecular flexibility index (Phi) is 3.48. The molecule has 2 atom stereocenters. The molecule has 2 aliphatic heterocycles. The minimum atomic E-state index is -0.0183. The zero-order chi connectivity index (χ0) is 18.6. The van der Waals surface area contributed by atoms with Crippen molar-refractivity contribution in [3.05, 3.63) is 66.5 Å². The summed E-state index contributed by atoms with van der Waals surface area (Å²) in [5.74, 6) is 2.03. The highest BCUT2D eigenvalue weighted by Gasteiger charge is 2.51. The molecule has 1 aromatic heterocycles. The van der Waals surface area contributed by atoms with Gasteiger partial charge in [-0.15, -0.1) is 0 Å². The van der Waals surface area contributed by atoms with E-state index in [2.05, 4.69) is 85.2 Å². The molecule has 3 heterocycles. The summed E-state index contributed by atoms with van der Waals surface area (Å²) in [6.45, 7) is 7.58. The molecule has 0 bridgehead atoms. The molecule has 138 valence electrons. The second kappa shape index (κ2) is 5.69. The summed E-state index contributed by atoms with van der Waals surface area (Å²) in [5.41, 5.74) is 2.42. The third-order valence-corrected chi connectivity index (χ3v) is 5.99. The summed E-state index contributed by atoms with van der Waals surface area (Å²) >= 11 is 0. The van der Waals surface area contributed by atoms with Crippen LogP contribution in [0.3, 0.4) is 0 Å². The first-order valence-electron chi connectivity index (χ1n) is 9.80. The molecule has 0 amide bonds. The highest BCUT2D eigenvalue weighted by Crippen LogP contribution is 2.52. The van der Waals surface area contributed by atoms with E-state index in [1.165, 1.54) is 5.69 Å². The zero-order valence-corrected chi connectivity index (χ0v) is 16.3. The normalized spacial score (nSPS) is 26.0. The molecule has 1 fully saturated rings. The van der Waals surface area contributed by atoms with Crippen molar-refractivity contribution in [1.82, 2.24) is 9.97 Å². The number of aromatic nitrogens is 2. The molecule has 2 unspecified atom stereocenters. The molecule has 1 saturated heterocycles. The molecular formula is C23H26N4. The monoisotopic (exact) mass is 358 g/mol. The van der Waals surface area contributed by atoms with Gasteiger partial charge in [0.1, 0.15) is 6.17 Å². The molecule has 0 radical (unpaired) electrons. The molecule has 4 heteroatoms. The van der Waals surface area contributed by atoms with Crippen LogP contribution in [0.15, 0.2) is 60.8 Å². The second-order valence-corrected chi connectivity index (χ2v) is 9.02. The smallest absolute Gasteiger partial charge is 0.178 e. The Hall–Kier alpha value is -2.62. The quantitative estimate of drug-likeness (QED) is 0.721. The van der Waals surface area contributed by atoms with Crippen LogP contribution in [0, 0.1) is 5.41 Å². The molecule has 2 aromatic rings. The number of rotatable bonds is 1. The molecule has 0 saturated carbocycles. The van der Waals surface area contributed by atoms with E-state index in [0.29, 0.717) is 0 Å². The fraction of sp³-hybridized carbons (Fsp3) is 0.391. The lowest BCUT2D eigenvalue weighted by molar-refractivity contribution is 0.417. The van der Waals surface area contributed by atoms with E-state index >= 15 is 0 Å². The Labute approximate surface area is 161 Å². The van der Waals surface area contributed by atoms with Gasteiger partial charge in [-0.05, 0) is 25.0 Å². The first kappa shape index (κ1) is 16.5. The van der Waals surface area contributed by atoms with E-state index in [9.17, 15) is 0 Å². The predicted octanol–water partition coefficient (Wildman–Crippen LogP) is 4.96. The minimum absolute atomic E-state index is 0.0183. The second-order valence-electron chi connectivity index (χ2n) is 9.02. The number of benzene rings is 1. The Morgan fingerprint density at radius 1 is 1.07 bits per heavy atom. The molecule has 3 aliphatic rings. The Balaban J connectivity index is 1.63. The number of fused-ring (bicyclic) bond motifs is 3. The van der Waals surface area contributed by atoms with Crippen molar-refractivity contribution in [3.8, 4) is 0 Å². The molecule has 0 N–H and O–H groups in total. The highest BCUT2D eigenvalue weighted by atomic mass is 15.5. The third-order valence-electron chi connectivity index (χ3n) is 5.99. The largest absolute Gasteiger partial charge is 0.332 e. The minimum Gasteiger partial charge on any atom is -0.332 e. The molecule has 27 heavy (non-hydrogen) atoms. The number of anilines is 3. The zero-order valence-electron chi connectivity index (χ0n) is 16.3. The van der Waals surface area contributed by atoms with Crippen LogP contribution in [-0.2, 0) is 5.41 Å². The van der Waals surface area contributed by atoms with Crippen LogP contribution in [0.5, 0.6) is 0 Å². The van der Waals surface area contributed by atoms with Crippen molar-refractivity contribution in [2.24, 2.45) is 5.41 Å². The lowest BCUT2D eigenvalue weighted by atomic mass is 9.80. The van der Waals surface area contributed by atoms with Gasteiger partial charge in [0.25, 0.3) is 0 Å². The van der Waals surface area contributed by atoms with Crippen LogP contribution in [-0.4, -0.2) is 22.7 Å². The maximum atomic E-state index is 5.09. The van der Waals surface area contributed by atoms with Crippen molar-refractivity contribution >= 4 is 17.3 Å². The van der Waals surface area contributed by atoms with Gasteiger partial charge < -0.3 is 9.80 Å². The van der Waals surface area contributed by atoms with E-state index in [-0.39, 0.29) is 17.0 Å². The average molecular weight is 358 g/mol. The average Bonchev–Trinajstić information content (AvgIpc) is 3.14. The summed E-state index contributed by atoms with van der Waals surface area (Å²) in [6, 6.07) is 10.6. The first-order valence-corrected chi connectivity index (χ1v) is 9.80. The van der Waals surface area contributed by atoms with E-state index < -0.39 is 0 Å². The Bertz CT molecular complexity index is 925. The maximum Gasteiger partial charge on any atom is 0.178 e. The molecule has 1 aliphatic carbocycles. The standard InChI is InChI=1S/C23H26N4/c1-22(2,3)18-15-24-20-21(25-18)27(17-10-6-4-7-11-17)19-14-23(16-26(19)20)12-8-5-9-13-23/h4-12,15,19H,13-14,16H2,1-3H3. The van der Waals surface area contributed by atoms with Crippen LogP contribution in [0.1, 0.15) is 39.3 Å². The van der Waals surface area contributed by atoms with E-state index in [4.69, 9.17) is 9.97 Å². The van der Waals surface area contributed by atoms with Crippen LogP contribution >= 0.6 is 0 Å². The summed E-state index contributed by atoms with van der Waals surface area (Å²) in [5, 5.41) is 0. The summed E-state index contributed by atoms with van der Waals surface area (Å²) in [6.07, 6.45) is 13.5. The van der Waals surface area contributed by atoms with Crippen LogP contribution in [0.25, 0.3) is 0 Å². The van der Waals surface area contributed by atoms with Gasteiger partial charge in [-0.3, -0.25) is 0 Å². The van der Waals surface area contributed by atoms with Crippen molar-refractivity contribution in [3.63, 3.8) is 0 Å². The molecule has 5 rings (SSSR count). The number of hydrogen-bond donors (Lipinski definition) is 0. The Morgan fingerprint density at radius 3 is 2.59 bits per heavy atom. The van der Waals surface area contributed by atoms with Gasteiger partial charge in [-0.2, -0.15) is 0 Å². The third kappa shape index (κ3) is 2.58. The van der Waals surface area contributed by atoms with Gasteiger partial charge in [0.15, 0.2) is 11.6 Å².